The number of ether oxygens (including phenoxy) is 1. The summed E-state index contributed by atoms with van der Waals surface area (Å²) in [5.74, 6) is -2.46. The molecule has 1 fully saturated rings. The molecule has 228 valence electrons. The molecule has 1 heterocycles. The molecule has 10 nitrogen and oxygen atoms in total. The quantitative estimate of drug-likeness (QED) is 0.374. The SMILES string of the molecule is CCC(=O)N[C@@H](C(=O)N1CCN(C)CC1)[C@@H](C)c1ccc(NC(=O)[C@H](C)NC(=O)[C@@H](C)c2ccc(OC)cc2)c(F)c1. The van der Waals surface area contributed by atoms with Crippen LogP contribution < -0.4 is 20.7 Å². The van der Waals surface area contributed by atoms with Crippen molar-refractivity contribution >= 4 is 29.3 Å². The number of likely N-dealkylation sites (N-methyl/N-ethyl adjacent to an activating group) is 1. The zero-order chi connectivity index (χ0) is 31.0. The summed E-state index contributed by atoms with van der Waals surface area (Å²) >= 11 is 0. The molecule has 0 spiro atoms. The fraction of sp³-hybridized carbons (Fsp3) is 0.484. The largest absolute Gasteiger partial charge is 0.497 e. The summed E-state index contributed by atoms with van der Waals surface area (Å²) in [6.45, 7) is 9.29. The highest BCUT2D eigenvalue weighted by molar-refractivity contribution is 5.98. The molecule has 3 rings (SSSR count). The first kappa shape index (κ1) is 32.5. The number of rotatable bonds is 11. The zero-order valence-corrected chi connectivity index (χ0v) is 25.2. The Bertz CT molecular complexity index is 1260. The maximum absolute atomic E-state index is 15.2. The number of benzene rings is 2. The van der Waals surface area contributed by atoms with E-state index in [0.717, 1.165) is 18.7 Å². The van der Waals surface area contributed by atoms with Crippen LogP contribution in [0.1, 0.15) is 57.1 Å². The van der Waals surface area contributed by atoms with Crippen molar-refractivity contribution in [1.82, 2.24) is 20.4 Å². The first-order valence-electron chi connectivity index (χ1n) is 14.3. The van der Waals surface area contributed by atoms with E-state index in [1.807, 2.05) is 7.05 Å². The van der Waals surface area contributed by atoms with Gasteiger partial charge in [0.05, 0.1) is 18.7 Å². The van der Waals surface area contributed by atoms with Crippen LogP contribution in [-0.2, 0) is 19.2 Å². The van der Waals surface area contributed by atoms with Crippen molar-refractivity contribution in [2.75, 3.05) is 45.7 Å². The van der Waals surface area contributed by atoms with Crippen molar-refractivity contribution < 1.29 is 28.3 Å². The molecule has 4 amide bonds. The topological polar surface area (TPSA) is 120 Å². The number of hydrogen-bond acceptors (Lipinski definition) is 6. The van der Waals surface area contributed by atoms with E-state index in [1.54, 1.807) is 63.1 Å². The Balaban J connectivity index is 1.66. The number of carbonyl (C=O) groups is 4. The predicted octanol–water partition coefficient (Wildman–Crippen LogP) is 2.85. The van der Waals surface area contributed by atoms with Gasteiger partial charge in [0.15, 0.2) is 0 Å². The van der Waals surface area contributed by atoms with Crippen LogP contribution in [0, 0.1) is 5.82 Å². The molecule has 0 saturated carbocycles. The number of carbonyl (C=O) groups excluding carboxylic acids is 4. The Morgan fingerprint density at radius 3 is 2.10 bits per heavy atom. The second-order valence-electron chi connectivity index (χ2n) is 10.8. The Morgan fingerprint density at radius 2 is 1.52 bits per heavy atom. The minimum Gasteiger partial charge on any atom is -0.497 e. The van der Waals surface area contributed by atoms with Gasteiger partial charge in [0.1, 0.15) is 23.7 Å². The number of methoxy groups -OCH3 is 1. The van der Waals surface area contributed by atoms with E-state index in [1.165, 1.54) is 19.1 Å². The molecule has 0 aliphatic carbocycles. The van der Waals surface area contributed by atoms with Gasteiger partial charge in [-0.25, -0.2) is 4.39 Å². The molecule has 0 unspecified atom stereocenters. The van der Waals surface area contributed by atoms with Crippen LogP contribution in [0.4, 0.5) is 10.1 Å². The summed E-state index contributed by atoms with van der Waals surface area (Å²) in [5.41, 5.74) is 1.21. The molecule has 2 aromatic carbocycles. The molecule has 0 bridgehead atoms. The Labute approximate surface area is 247 Å². The summed E-state index contributed by atoms with van der Waals surface area (Å²) in [7, 11) is 3.55. The van der Waals surface area contributed by atoms with Crippen LogP contribution in [0.25, 0.3) is 0 Å². The predicted molar refractivity (Wildman–Crippen MR) is 159 cm³/mol. The van der Waals surface area contributed by atoms with E-state index in [-0.39, 0.29) is 29.8 Å². The van der Waals surface area contributed by atoms with Gasteiger partial charge in [0.25, 0.3) is 0 Å². The van der Waals surface area contributed by atoms with Gasteiger partial charge in [0, 0.05) is 38.5 Å². The zero-order valence-electron chi connectivity index (χ0n) is 25.2. The highest BCUT2D eigenvalue weighted by atomic mass is 19.1. The number of hydrogen-bond donors (Lipinski definition) is 3. The highest BCUT2D eigenvalue weighted by Crippen LogP contribution is 2.26. The lowest BCUT2D eigenvalue weighted by Crippen LogP contribution is -2.55. The average Bonchev–Trinajstić information content (AvgIpc) is 2.99. The van der Waals surface area contributed by atoms with E-state index in [9.17, 15) is 19.2 Å². The van der Waals surface area contributed by atoms with Gasteiger partial charge >= 0.3 is 0 Å². The lowest BCUT2D eigenvalue weighted by atomic mass is 9.91. The van der Waals surface area contributed by atoms with E-state index in [0.29, 0.717) is 24.4 Å². The number of amides is 4. The second-order valence-corrected chi connectivity index (χ2v) is 10.8. The van der Waals surface area contributed by atoms with Gasteiger partial charge in [-0.05, 0) is 56.3 Å². The number of nitrogens with one attached hydrogen (secondary N) is 3. The standard InChI is InChI=1S/C31H42FN5O5/c1-7-27(38)35-28(31(41)37-16-14-36(5)15-17-37)19(2)23-10-13-26(25(32)18-23)34-30(40)21(4)33-29(39)20(3)22-8-11-24(42-6)12-9-22/h8-13,18-21,28H,7,14-17H2,1-6H3,(H,33,39)(H,34,40)(H,35,38)/t19-,20-,21-,28+/m0/s1. The van der Waals surface area contributed by atoms with Gasteiger partial charge in [-0.2, -0.15) is 0 Å². The van der Waals surface area contributed by atoms with Gasteiger partial charge in [-0.15, -0.1) is 0 Å². The smallest absolute Gasteiger partial charge is 0.246 e. The lowest BCUT2D eigenvalue weighted by molar-refractivity contribution is -0.138. The maximum atomic E-state index is 15.2. The molecule has 0 aromatic heterocycles. The van der Waals surface area contributed by atoms with E-state index < -0.39 is 35.6 Å². The van der Waals surface area contributed by atoms with Gasteiger partial charge < -0.3 is 30.5 Å². The van der Waals surface area contributed by atoms with E-state index in [2.05, 4.69) is 20.9 Å². The minimum atomic E-state index is -0.925. The third kappa shape index (κ3) is 8.28. The lowest BCUT2D eigenvalue weighted by Gasteiger charge is -2.36. The highest BCUT2D eigenvalue weighted by Gasteiger charge is 2.33. The minimum absolute atomic E-state index is 0.0558. The van der Waals surface area contributed by atoms with Crippen molar-refractivity contribution in [1.29, 1.82) is 0 Å². The molecule has 1 aliphatic heterocycles. The van der Waals surface area contributed by atoms with E-state index >= 15 is 4.39 Å². The molecule has 1 aliphatic rings. The summed E-state index contributed by atoms with van der Waals surface area (Å²) in [6, 6.07) is 9.60. The Morgan fingerprint density at radius 1 is 0.905 bits per heavy atom. The third-order valence-corrected chi connectivity index (χ3v) is 7.76. The van der Waals surface area contributed by atoms with Crippen LogP contribution in [0.15, 0.2) is 42.5 Å². The molecular formula is C31H42FN5O5. The number of nitrogens with zero attached hydrogens (tertiary/aromatic N) is 2. The molecule has 3 N–H and O–H groups in total. The van der Waals surface area contributed by atoms with Crippen molar-refractivity contribution in [3.05, 3.63) is 59.4 Å². The number of anilines is 1. The molecule has 42 heavy (non-hydrogen) atoms. The Kier molecular flexibility index (Phi) is 11.4. The molecule has 11 heteroatoms. The number of halogens is 1. The van der Waals surface area contributed by atoms with Crippen LogP contribution in [-0.4, -0.2) is 85.8 Å². The summed E-state index contributed by atoms with van der Waals surface area (Å²) < 4.78 is 20.3. The van der Waals surface area contributed by atoms with Crippen molar-refractivity contribution in [2.24, 2.45) is 0 Å². The van der Waals surface area contributed by atoms with Crippen molar-refractivity contribution in [3.63, 3.8) is 0 Å². The van der Waals surface area contributed by atoms with Crippen LogP contribution >= 0.6 is 0 Å². The van der Waals surface area contributed by atoms with Crippen LogP contribution in [0.3, 0.4) is 0 Å². The number of piperazine rings is 1. The van der Waals surface area contributed by atoms with Gasteiger partial charge in [0.2, 0.25) is 23.6 Å². The molecule has 2 aromatic rings. The van der Waals surface area contributed by atoms with Crippen molar-refractivity contribution in [3.8, 4) is 5.75 Å². The van der Waals surface area contributed by atoms with E-state index in [4.69, 9.17) is 4.74 Å². The fourth-order valence-corrected chi connectivity index (χ4v) is 4.70. The normalized spacial score (nSPS) is 16.5. The molecule has 1 saturated heterocycles. The Hall–Kier alpha value is -3.99. The summed E-state index contributed by atoms with van der Waals surface area (Å²) in [6.07, 6.45) is 0.214. The van der Waals surface area contributed by atoms with Crippen LogP contribution in [0.5, 0.6) is 5.75 Å². The molecule has 0 radical (unpaired) electrons. The fourth-order valence-electron chi connectivity index (χ4n) is 4.70. The second kappa shape index (κ2) is 14.8. The summed E-state index contributed by atoms with van der Waals surface area (Å²) in [4.78, 5) is 55.1. The monoisotopic (exact) mass is 583 g/mol. The molecule has 4 atom stereocenters. The maximum Gasteiger partial charge on any atom is 0.246 e. The van der Waals surface area contributed by atoms with Crippen molar-refractivity contribution in [2.45, 2.75) is 58.0 Å². The first-order chi connectivity index (χ1) is 19.9. The summed E-state index contributed by atoms with van der Waals surface area (Å²) in [5, 5.41) is 8.02. The van der Waals surface area contributed by atoms with Crippen LogP contribution in [0.2, 0.25) is 0 Å². The molecular weight excluding hydrogens is 541 g/mol. The third-order valence-electron chi connectivity index (χ3n) is 7.76. The van der Waals surface area contributed by atoms with Gasteiger partial charge in [-0.1, -0.05) is 32.0 Å². The first-order valence-corrected chi connectivity index (χ1v) is 14.3. The van der Waals surface area contributed by atoms with Gasteiger partial charge in [-0.3, -0.25) is 19.2 Å². The average molecular weight is 584 g/mol.